The van der Waals surface area contributed by atoms with Crippen LogP contribution in [-0.4, -0.2) is 6.54 Å². The highest BCUT2D eigenvalue weighted by atomic mass is 79.9. The maximum Gasteiger partial charge on any atom is 0.0320 e. The minimum absolute atomic E-state index is 0.502. The molecule has 0 amide bonds. The molecule has 0 aliphatic rings. The molecule has 0 bridgehead atoms. The first-order chi connectivity index (χ1) is 7.69. The number of benzene rings is 1. The van der Waals surface area contributed by atoms with Crippen LogP contribution in [0.2, 0.25) is 0 Å². The standard InChI is InChI=1S/C14H22BrN/c1-4-6-14(16-9-5-2)12-8-7-11(3)13(15)10-12/h7-8,10,14,16H,4-6,9H2,1-3H3. The van der Waals surface area contributed by atoms with E-state index in [0.29, 0.717) is 6.04 Å². The molecule has 0 fully saturated rings. The average molecular weight is 284 g/mol. The van der Waals surface area contributed by atoms with Gasteiger partial charge in [-0.2, -0.15) is 0 Å². The van der Waals surface area contributed by atoms with Crippen LogP contribution >= 0.6 is 15.9 Å². The van der Waals surface area contributed by atoms with E-state index in [9.17, 15) is 0 Å². The first-order valence-electron chi connectivity index (χ1n) is 6.18. The minimum atomic E-state index is 0.502. The fourth-order valence-corrected chi connectivity index (χ4v) is 2.22. The van der Waals surface area contributed by atoms with E-state index in [-0.39, 0.29) is 0 Å². The number of halogens is 1. The van der Waals surface area contributed by atoms with E-state index in [2.05, 4.69) is 60.2 Å². The molecule has 0 radical (unpaired) electrons. The van der Waals surface area contributed by atoms with Crippen molar-refractivity contribution in [3.05, 3.63) is 33.8 Å². The summed E-state index contributed by atoms with van der Waals surface area (Å²) in [7, 11) is 0. The Morgan fingerprint density at radius 3 is 2.56 bits per heavy atom. The van der Waals surface area contributed by atoms with Gasteiger partial charge < -0.3 is 5.32 Å². The molecule has 1 unspecified atom stereocenters. The summed E-state index contributed by atoms with van der Waals surface area (Å²) in [6, 6.07) is 7.18. The van der Waals surface area contributed by atoms with Gasteiger partial charge in [0, 0.05) is 10.5 Å². The number of aryl methyl sites for hydroxylation is 1. The lowest BCUT2D eigenvalue weighted by molar-refractivity contribution is 0.494. The lowest BCUT2D eigenvalue weighted by Gasteiger charge is -2.19. The molecular formula is C14H22BrN. The normalized spacial score (nSPS) is 12.8. The zero-order valence-electron chi connectivity index (χ0n) is 10.5. The largest absolute Gasteiger partial charge is 0.310 e. The molecule has 1 aromatic carbocycles. The Labute approximate surface area is 108 Å². The Morgan fingerprint density at radius 1 is 1.25 bits per heavy atom. The van der Waals surface area contributed by atoms with Crippen LogP contribution in [0.25, 0.3) is 0 Å². The molecule has 1 aromatic rings. The summed E-state index contributed by atoms with van der Waals surface area (Å²) >= 11 is 3.61. The van der Waals surface area contributed by atoms with Crippen molar-refractivity contribution in [2.75, 3.05) is 6.54 Å². The fraction of sp³-hybridized carbons (Fsp3) is 0.571. The van der Waals surface area contributed by atoms with Crippen LogP contribution in [0, 0.1) is 6.92 Å². The number of hydrogen-bond donors (Lipinski definition) is 1. The van der Waals surface area contributed by atoms with Crippen LogP contribution < -0.4 is 5.32 Å². The lowest BCUT2D eigenvalue weighted by atomic mass is 10.0. The Kier molecular flexibility index (Phi) is 6.07. The Bertz CT molecular complexity index is 323. The topological polar surface area (TPSA) is 12.0 Å². The molecular weight excluding hydrogens is 262 g/mol. The third-order valence-electron chi connectivity index (χ3n) is 2.82. The minimum Gasteiger partial charge on any atom is -0.310 e. The predicted molar refractivity (Wildman–Crippen MR) is 74.8 cm³/mol. The van der Waals surface area contributed by atoms with E-state index in [0.717, 1.165) is 6.54 Å². The van der Waals surface area contributed by atoms with Crippen LogP contribution in [0.1, 0.15) is 50.3 Å². The molecule has 90 valence electrons. The maximum absolute atomic E-state index is 3.61. The molecule has 1 nitrogen and oxygen atoms in total. The summed E-state index contributed by atoms with van der Waals surface area (Å²) in [6.45, 7) is 7.67. The maximum atomic E-state index is 3.61. The third-order valence-corrected chi connectivity index (χ3v) is 3.67. The monoisotopic (exact) mass is 283 g/mol. The van der Waals surface area contributed by atoms with Crippen LogP contribution in [0.5, 0.6) is 0 Å². The van der Waals surface area contributed by atoms with Gasteiger partial charge in [-0.15, -0.1) is 0 Å². The summed E-state index contributed by atoms with van der Waals surface area (Å²) in [5.74, 6) is 0. The van der Waals surface area contributed by atoms with Gasteiger partial charge in [0.25, 0.3) is 0 Å². The number of rotatable bonds is 6. The van der Waals surface area contributed by atoms with E-state index in [1.54, 1.807) is 0 Å². The van der Waals surface area contributed by atoms with Crippen molar-refractivity contribution in [2.24, 2.45) is 0 Å². The van der Waals surface area contributed by atoms with Crippen molar-refractivity contribution < 1.29 is 0 Å². The van der Waals surface area contributed by atoms with Crippen molar-refractivity contribution in [3.63, 3.8) is 0 Å². The first-order valence-corrected chi connectivity index (χ1v) is 6.97. The van der Waals surface area contributed by atoms with Gasteiger partial charge in [-0.25, -0.2) is 0 Å². The van der Waals surface area contributed by atoms with Crippen LogP contribution in [0.4, 0.5) is 0 Å². The van der Waals surface area contributed by atoms with Crippen LogP contribution in [-0.2, 0) is 0 Å². The highest BCUT2D eigenvalue weighted by molar-refractivity contribution is 9.10. The van der Waals surface area contributed by atoms with Crippen LogP contribution in [0.15, 0.2) is 22.7 Å². The Morgan fingerprint density at radius 2 is 2.00 bits per heavy atom. The lowest BCUT2D eigenvalue weighted by Crippen LogP contribution is -2.22. The molecule has 1 rings (SSSR count). The van der Waals surface area contributed by atoms with E-state index < -0.39 is 0 Å². The molecule has 0 spiro atoms. The van der Waals surface area contributed by atoms with E-state index in [1.807, 2.05) is 0 Å². The second-order valence-electron chi connectivity index (χ2n) is 4.30. The smallest absolute Gasteiger partial charge is 0.0320 e. The second kappa shape index (κ2) is 7.08. The van der Waals surface area contributed by atoms with Gasteiger partial charge in [0.1, 0.15) is 0 Å². The van der Waals surface area contributed by atoms with Gasteiger partial charge in [0.05, 0.1) is 0 Å². The molecule has 1 N–H and O–H groups in total. The molecule has 0 aromatic heterocycles. The molecule has 0 saturated carbocycles. The SMILES string of the molecule is CCCNC(CCC)c1ccc(C)c(Br)c1. The summed E-state index contributed by atoms with van der Waals surface area (Å²) in [6.07, 6.45) is 3.61. The van der Waals surface area contributed by atoms with Crippen molar-refractivity contribution in [1.29, 1.82) is 0 Å². The summed E-state index contributed by atoms with van der Waals surface area (Å²) < 4.78 is 1.21. The molecule has 0 aliphatic carbocycles. The Balaban J connectivity index is 2.78. The van der Waals surface area contributed by atoms with Gasteiger partial charge in [-0.05, 0) is 43.5 Å². The van der Waals surface area contributed by atoms with Gasteiger partial charge in [-0.1, -0.05) is 48.3 Å². The summed E-state index contributed by atoms with van der Waals surface area (Å²) in [4.78, 5) is 0. The van der Waals surface area contributed by atoms with Crippen molar-refractivity contribution in [2.45, 2.75) is 46.1 Å². The average Bonchev–Trinajstić information content (AvgIpc) is 2.28. The van der Waals surface area contributed by atoms with Gasteiger partial charge in [0.2, 0.25) is 0 Å². The van der Waals surface area contributed by atoms with Gasteiger partial charge >= 0.3 is 0 Å². The molecule has 0 saturated heterocycles. The Hall–Kier alpha value is -0.340. The molecule has 2 heteroatoms. The molecule has 0 heterocycles. The number of nitrogens with one attached hydrogen (secondary N) is 1. The molecule has 1 atom stereocenters. The zero-order valence-corrected chi connectivity index (χ0v) is 12.1. The van der Waals surface area contributed by atoms with Gasteiger partial charge in [0.15, 0.2) is 0 Å². The number of hydrogen-bond acceptors (Lipinski definition) is 1. The first kappa shape index (κ1) is 13.7. The summed E-state index contributed by atoms with van der Waals surface area (Å²) in [5.41, 5.74) is 2.70. The van der Waals surface area contributed by atoms with E-state index >= 15 is 0 Å². The highest BCUT2D eigenvalue weighted by Gasteiger charge is 2.10. The zero-order chi connectivity index (χ0) is 12.0. The quantitative estimate of drug-likeness (QED) is 0.805. The third kappa shape index (κ3) is 3.91. The summed E-state index contributed by atoms with van der Waals surface area (Å²) in [5, 5.41) is 3.61. The fourth-order valence-electron chi connectivity index (χ4n) is 1.82. The van der Waals surface area contributed by atoms with Gasteiger partial charge in [-0.3, -0.25) is 0 Å². The second-order valence-corrected chi connectivity index (χ2v) is 5.16. The van der Waals surface area contributed by atoms with Crippen molar-refractivity contribution in [3.8, 4) is 0 Å². The van der Waals surface area contributed by atoms with Crippen molar-refractivity contribution in [1.82, 2.24) is 5.32 Å². The van der Waals surface area contributed by atoms with E-state index in [4.69, 9.17) is 0 Å². The molecule has 0 aliphatic heterocycles. The van der Waals surface area contributed by atoms with E-state index in [1.165, 1.54) is 34.9 Å². The predicted octanol–water partition coefficient (Wildman–Crippen LogP) is 4.60. The van der Waals surface area contributed by atoms with Crippen LogP contribution in [0.3, 0.4) is 0 Å². The highest BCUT2D eigenvalue weighted by Crippen LogP contribution is 2.24. The molecule has 16 heavy (non-hydrogen) atoms. The van der Waals surface area contributed by atoms with Crippen molar-refractivity contribution >= 4 is 15.9 Å².